The van der Waals surface area contributed by atoms with Gasteiger partial charge in [0.15, 0.2) is 0 Å². The van der Waals surface area contributed by atoms with Crippen molar-refractivity contribution in [3.8, 4) is 0 Å². The summed E-state index contributed by atoms with van der Waals surface area (Å²) in [6.07, 6.45) is 0. The number of nitrogens with zero attached hydrogens (tertiary/aromatic N) is 2. The smallest absolute Gasteiger partial charge is 0.238 e. The molecule has 0 spiro atoms. The molecule has 1 aliphatic heterocycles. The topological polar surface area (TPSA) is 64.7 Å². The second-order valence-electron chi connectivity index (χ2n) is 5.81. The highest BCUT2D eigenvalue weighted by Gasteiger charge is 2.18. The van der Waals surface area contributed by atoms with Gasteiger partial charge >= 0.3 is 0 Å². The Morgan fingerprint density at radius 3 is 2.58 bits per heavy atom. The first-order chi connectivity index (χ1) is 11.0. The number of benzene rings is 1. The van der Waals surface area contributed by atoms with Crippen LogP contribution < -0.4 is 10.6 Å². The number of amides is 2. The number of aryl methyl sites for hydroxylation is 1. The third-order valence-corrected chi connectivity index (χ3v) is 3.99. The van der Waals surface area contributed by atoms with Gasteiger partial charge in [0.25, 0.3) is 0 Å². The lowest BCUT2D eigenvalue weighted by atomic mass is 10.2. The summed E-state index contributed by atoms with van der Waals surface area (Å²) in [5.41, 5.74) is 1.65. The molecule has 1 fully saturated rings. The molecular formula is C16H24Cl2N4O2. The van der Waals surface area contributed by atoms with E-state index in [-0.39, 0.29) is 37.3 Å². The van der Waals surface area contributed by atoms with Crippen LogP contribution in [0.15, 0.2) is 18.2 Å². The molecule has 0 aromatic heterocycles. The minimum atomic E-state index is -0.147. The molecule has 1 heterocycles. The van der Waals surface area contributed by atoms with E-state index in [4.69, 9.17) is 11.6 Å². The van der Waals surface area contributed by atoms with Crippen molar-refractivity contribution in [1.82, 2.24) is 15.1 Å². The Kier molecular flexibility index (Phi) is 8.48. The molecule has 0 aliphatic carbocycles. The predicted octanol–water partition coefficient (Wildman–Crippen LogP) is 1.37. The number of carbonyl (C=O) groups excluding carboxylic acids is 2. The second kappa shape index (κ2) is 9.84. The summed E-state index contributed by atoms with van der Waals surface area (Å²) in [4.78, 5) is 27.8. The Balaban J connectivity index is 0.00000288. The molecule has 6 nitrogen and oxygen atoms in total. The van der Waals surface area contributed by atoms with Crippen LogP contribution in [0.1, 0.15) is 5.56 Å². The molecule has 134 valence electrons. The summed E-state index contributed by atoms with van der Waals surface area (Å²) in [7, 11) is 1.77. The summed E-state index contributed by atoms with van der Waals surface area (Å²) in [5, 5.41) is 6.70. The summed E-state index contributed by atoms with van der Waals surface area (Å²) >= 11 is 5.90. The molecule has 1 aliphatic rings. The van der Waals surface area contributed by atoms with Gasteiger partial charge in [-0.3, -0.25) is 14.5 Å². The van der Waals surface area contributed by atoms with E-state index in [2.05, 4.69) is 10.6 Å². The lowest BCUT2D eigenvalue weighted by molar-refractivity contribution is -0.133. The Morgan fingerprint density at radius 2 is 1.96 bits per heavy atom. The van der Waals surface area contributed by atoms with Crippen LogP contribution >= 0.6 is 24.0 Å². The van der Waals surface area contributed by atoms with Crippen molar-refractivity contribution in [1.29, 1.82) is 0 Å². The van der Waals surface area contributed by atoms with E-state index in [9.17, 15) is 9.59 Å². The zero-order valence-electron chi connectivity index (χ0n) is 14.0. The van der Waals surface area contributed by atoms with Crippen molar-refractivity contribution in [3.63, 3.8) is 0 Å². The van der Waals surface area contributed by atoms with Gasteiger partial charge < -0.3 is 15.5 Å². The molecule has 1 aromatic rings. The first-order valence-electron chi connectivity index (χ1n) is 7.69. The van der Waals surface area contributed by atoms with Crippen LogP contribution in [0.5, 0.6) is 0 Å². The third-order valence-electron chi connectivity index (χ3n) is 3.75. The molecule has 0 unspecified atom stereocenters. The van der Waals surface area contributed by atoms with Crippen molar-refractivity contribution in [2.24, 2.45) is 0 Å². The summed E-state index contributed by atoms with van der Waals surface area (Å²) in [6, 6.07) is 5.32. The van der Waals surface area contributed by atoms with Crippen molar-refractivity contribution in [3.05, 3.63) is 28.8 Å². The first kappa shape index (κ1) is 20.7. The standard InChI is InChI=1S/C16H23ClN4O2.ClH/c1-12-9-13(17)3-4-14(12)19-15(22)10-20(2)11-16(23)21-7-5-18-6-8-21;/h3-4,9,18H,5-8,10-11H2,1-2H3,(H,19,22);1H. The van der Waals surface area contributed by atoms with E-state index in [1.54, 1.807) is 30.1 Å². The predicted molar refractivity (Wildman–Crippen MR) is 99.0 cm³/mol. The number of halogens is 2. The molecular weight excluding hydrogens is 351 g/mol. The van der Waals surface area contributed by atoms with Crippen molar-refractivity contribution in [2.75, 3.05) is 51.6 Å². The van der Waals surface area contributed by atoms with Gasteiger partial charge in [-0.05, 0) is 37.7 Å². The van der Waals surface area contributed by atoms with Gasteiger partial charge in [0.2, 0.25) is 11.8 Å². The van der Waals surface area contributed by atoms with E-state index in [1.807, 2.05) is 11.8 Å². The molecule has 2 amide bonds. The van der Waals surface area contributed by atoms with Crippen LogP contribution in [-0.2, 0) is 9.59 Å². The Labute approximate surface area is 153 Å². The van der Waals surface area contributed by atoms with E-state index in [1.165, 1.54) is 0 Å². The quantitative estimate of drug-likeness (QED) is 0.816. The molecule has 8 heteroatoms. The van der Waals surface area contributed by atoms with Gasteiger partial charge in [0.1, 0.15) is 0 Å². The van der Waals surface area contributed by atoms with Gasteiger partial charge in [0.05, 0.1) is 13.1 Å². The monoisotopic (exact) mass is 374 g/mol. The van der Waals surface area contributed by atoms with Crippen LogP contribution in [-0.4, -0.2) is 67.9 Å². The maximum atomic E-state index is 12.2. The average Bonchev–Trinajstić information content (AvgIpc) is 2.50. The highest BCUT2D eigenvalue weighted by atomic mass is 35.5. The highest BCUT2D eigenvalue weighted by molar-refractivity contribution is 6.30. The van der Waals surface area contributed by atoms with Gasteiger partial charge in [-0.25, -0.2) is 0 Å². The van der Waals surface area contributed by atoms with Gasteiger partial charge in [0, 0.05) is 36.9 Å². The van der Waals surface area contributed by atoms with Crippen LogP contribution in [0.3, 0.4) is 0 Å². The number of hydrogen-bond acceptors (Lipinski definition) is 4. The molecule has 24 heavy (non-hydrogen) atoms. The number of rotatable bonds is 5. The minimum Gasteiger partial charge on any atom is -0.339 e. The zero-order chi connectivity index (χ0) is 16.8. The molecule has 0 atom stereocenters. The number of anilines is 1. The molecule has 1 saturated heterocycles. The van der Waals surface area contributed by atoms with E-state index in [0.717, 1.165) is 37.4 Å². The molecule has 2 rings (SSSR count). The summed E-state index contributed by atoms with van der Waals surface area (Å²) in [6.45, 7) is 5.40. The Bertz CT molecular complexity index is 577. The van der Waals surface area contributed by atoms with E-state index in [0.29, 0.717) is 5.02 Å². The fourth-order valence-electron chi connectivity index (χ4n) is 2.50. The minimum absolute atomic E-state index is 0. The number of carbonyl (C=O) groups is 2. The molecule has 0 radical (unpaired) electrons. The van der Waals surface area contributed by atoms with Gasteiger partial charge in [-0.15, -0.1) is 12.4 Å². The van der Waals surface area contributed by atoms with E-state index >= 15 is 0 Å². The van der Waals surface area contributed by atoms with Crippen LogP contribution in [0.2, 0.25) is 5.02 Å². The van der Waals surface area contributed by atoms with E-state index < -0.39 is 0 Å². The summed E-state index contributed by atoms with van der Waals surface area (Å²) < 4.78 is 0. The fraction of sp³-hybridized carbons (Fsp3) is 0.500. The summed E-state index contributed by atoms with van der Waals surface area (Å²) in [5.74, 6) is -0.0875. The SMILES string of the molecule is Cc1cc(Cl)ccc1NC(=O)CN(C)CC(=O)N1CCNCC1.Cl. The van der Waals surface area contributed by atoms with Crippen molar-refractivity contribution >= 4 is 41.5 Å². The van der Waals surface area contributed by atoms with Crippen molar-refractivity contribution in [2.45, 2.75) is 6.92 Å². The lowest BCUT2D eigenvalue weighted by Gasteiger charge is -2.29. The highest BCUT2D eigenvalue weighted by Crippen LogP contribution is 2.19. The Hall–Kier alpha value is -1.34. The van der Waals surface area contributed by atoms with Crippen LogP contribution in [0.25, 0.3) is 0 Å². The second-order valence-corrected chi connectivity index (χ2v) is 6.25. The number of nitrogens with one attached hydrogen (secondary N) is 2. The van der Waals surface area contributed by atoms with Crippen molar-refractivity contribution < 1.29 is 9.59 Å². The fourth-order valence-corrected chi connectivity index (χ4v) is 2.73. The maximum Gasteiger partial charge on any atom is 0.238 e. The van der Waals surface area contributed by atoms with Crippen LogP contribution in [0.4, 0.5) is 5.69 Å². The third kappa shape index (κ3) is 6.28. The number of hydrogen-bond donors (Lipinski definition) is 2. The van der Waals surface area contributed by atoms with Gasteiger partial charge in [-0.2, -0.15) is 0 Å². The average molecular weight is 375 g/mol. The zero-order valence-corrected chi connectivity index (χ0v) is 15.5. The molecule has 0 saturated carbocycles. The lowest BCUT2D eigenvalue weighted by Crippen LogP contribution is -2.49. The number of likely N-dealkylation sites (N-methyl/N-ethyl adjacent to an activating group) is 1. The molecule has 1 aromatic carbocycles. The van der Waals surface area contributed by atoms with Crippen LogP contribution in [0, 0.1) is 6.92 Å². The number of piperazine rings is 1. The normalized spacial score (nSPS) is 14.2. The van der Waals surface area contributed by atoms with Gasteiger partial charge in [-0.1, -0.05) is 11.6 Å². The largest absolute Gasteiger partial charge is 0.339 e. The molecule has 2 N–H and O–H groups in total. The first-order valence-corrected chi connectivity index (χ1v) is 8.06. The Morgan fingerprint density at radius 1 is 1.29 bits per heavy atom. The molecule has 0 bridgehead atoms. The maximum absolute atomic E-state index is 12.2.